The van der Waals surface area contributed by atoms with Crippen LogP contribution in [0.3, 0.4) is 0 Å². The lowest BCUT2D eigenvalue weighted by Crippen LogP contribution is -2.56. The Morgan fingerprint density at radius 3 is 2.09 bits per heavy atom. The Balaban J connectivity index is 2.86. The van der Waals surface area contributed by atoms with E-state index in [4.69, 9.17) is 14.2 Å². The smallest absolute Gasteiger partial charge is 0.302 e. The number of ketones is 1. The molecule has 2 N–H and O–H groups in total. The molecule has 2 amide bonds. The van der Waals surface area contributed by atoms with E-state index in [2.05, 4.69) is 31.1 Å². The zero-order valence-electron chi connectivity index (χ0n) is 20.9. The summed E-state index contributed by atoms with van der Waals surface area (Å²) < 4.78 is 15.2. The van der Waals surface area contributed by atoms with Crippen LogP contribution < -0.4 is 10.6 Å². The number of Topliss-reactive ketones (excluding diaryl/α,β-unsaturated/α-hetero) is 1. The molecular formula is C24H38N2O8. The summed E-state index contributed by atoms with van der Waals surface area (Å²) in [4.78, 5) is 60.9. The van der Waals surface area contributed by atoms with Crippen LogP contribution in [0.5, 0.6) is 0 Å². The SMILES string of the molecule is C=C(C)CC(NC(=O)C(COC(C)=O)NC(=O)CCCCC(C)C)C(=O)C1(COC(C)=O)CO1. The Labute approximate surface area is 201 Å². The van der Waals surface area contributed by atoms with Crippen LogP contribution in [0.4, 0.5) is 0 Å². The molecule has 0 bridgehead atoms. The first-order valence-electron chi connectivity index (χ1n) is 11.6. The minimum Gasteiger partial charge on any atom is -0.463 e. The Hall–Kier alpha value is -2.75. The first-order valence-corrected chi connectivity index (χ1v) is 11.6. The van der Waals surface area contributed by atoms with E-state index >= 15 is 0 Å². The lowest BCUT2D eigenvalue weighted by Gasteiger charge is -2.24. The van der Waals surface area contributed by atoms with Gasteiger partial charge in [-0.2, -0.15) is 0 Å². The molecule has 0 saturated carbocycles. The van der Waals surface area contributed by atoms with Crippen molar-refractivity contribution < 1.29 is 38.2 Å². The second-order valence-corrected chi connectivity index (χ2v) is 9.21. The number of amides is 2. The average Bonchev–Trinajstić information content (AvgIpc) is 3.52. The summed E-state index contributed by atoms with van der Waals surface area (Å²) in [5, 5.41) is 5.21. The van der Waals surface area contributed by atoms with Crippen molar-refractivity contribution >= 4 is 29.5 Å². The molecule has 192 valence electrons. The number of nitrogens with one attached hydrogen (secondary N) is 2. The Morgan fingerprint density at radius 1 is 0.971 bits per heavy atom. The van der Waals surface area contributed by atoms with Gasteiger partial charge in [0.1, 0.15) is 19.3 Å². The lowest BCUT2D eigenvalue weighted by molar-refractivity contribution is -0.147. The van der Waals surface area contributed by atoms with Crippen LogP contribution in [0.2, 0.25) is 0 Å². The highest BCUT2D eigenvalue weighted by Gasteiger charge is 2.55. The van der Waals surface area contributed by atoms with Crippen molar-refractivity contribution in [2.75, 3.05) is 19.8 Å². The van der Waals surface area contributed by atoms with Crippen LogP contribution in [-0.4, -0.2) is 67.0 Å². The van der Waals surface area contributed by atoms with Gasteiger partial charge in [-0.05, 0) is 25.7 Å². The van der Waals surface area contributed by atoms with Crippen molar-refractivity contribution in [3.8, 4) is 0 Å². The predicted octanol–water partition coefficient (Wildman–Crippen LogP) is 1.60. The molecule has 1 heterocycles. The van der Waals surface area contributed by atoms with Crippen molar-refractivity contribution in [2.45, 2.75) is 84.4 Å². The fourth-order valence-corrected chi connectivity index (χ4v) is 3.24. The third-order valence-electron chi connectivity index (χ3n) is 5.18. The maximum atomic E-state index is 13.1. The van der Waals surface area contributed by atoms with Gasteiger partial charge in [0.2, 0.25) is 11.8 Å². The van der Waals surface area contributed by atoms with Crippen molar-refractivity contribution in [2.24, 2.45) is 5.92 Å². The van der Waals surface area contributed by atoms with Gasteiger partial charge < -0.3 is 24.8 Å². The van der Waals surface area contributed by atoms with Gasteiger partial charge in [0.05, 0.1) is 12.6 Å². The summed E-state index contributed by atoms with van der Waals surface area (Å²) in [6.45, 7) is 11.6. The summed E-state index contributed by atoms with van der Waals surface area (Å²) in [6, 6.07) is -2.20. The van der Waals surface area contributed by atoms with Crippen molar-refractivity contribution in [3.63, 3.8) is 0 Å². The summed E-state index contributed by atoms with van der Waals surface area (Å²) in [7, 11) is 0. The fourth-order valence-electron chi connectivity index (χ4n) is 3.24. The molecule has 0 aliphatic carbocycles. The molecule has 1 fully saturated rings. The van der Waals surface area contributed by atoms with Gasteiger partial charge in [-0.1, -0.05) is 32.3 Å². The van der Waals surface area contributed by atoms with Crippen LogP contribution >= 0.6 is 0 Å². The number of hydrogen-bond acceptors (Lipinski definition) is 8. The maximum Gasteiger partial charge on any atom is 0.302 e. The topological polar surface area (TPSA) is 140 Å². The summed E-state index contributed by atoms with van der Waals surface area (Å²) in [5.41, 5.74) is -0.683. The molecular weight excluding hydrogens is 444 g/mol. The number of hydrogen-bond donors (Lipinski definition) is 2. The van der Waals surface area contributed by atoms with E-state index in [1.54, 1.807) is 6.92 Å². The standard InChI is InChI=1S/C24H38N2O8/c1-15(2)9-7-8-10-21(29)25-20(12-32-17(5)27)23(31)26-19(11-16(3)4)22(30)24(14-34-24)13-33-18(6)28/h15,19-20H,3,7-14H2,1-2,4-6H3,(H,25,29)(H,26,31). The van der Waals surface area contributed by atoms with Gasteiger partial charge >= 0.3 is 11.9 Å². The molecule has 10 heteroatoms. The number of carbonyl (C=O) groups excluding carboxylic acids is 5. The van der Waals surface area contributed by atoms with E-state index in [1.165, 1.54) is 13.8 Å². The summed E-state index contributed by atoms with van der Waals surface area (Å²) in [5.74, 6) is -2.12. The fraction of sp³-hybridized carbons (Fsp3) is 0.708. The molecule has 0 spiro atoms. The molecule has 0 aromatic heterocycles. The number of rotatable bonds is 16. The zero-order valence-corrected chi connectivity index (χ0v) is 20.9. The van der Waals surface area contributed by atoms with Gasteiger partial charge in [0.15, 0.2) is 11.4 Å². The first-order chi connectivity index (χ1) is 15.9. The third-order valence-corrected chi connectivity index (χ3v) is 5.18. The molecule has 0 aromatic carbocycles. The van der Waals surface area contributed by atoms with Gasteiger partial charge in [-0.3, -0.25) is 24.0 Å². The Kier molecular flexibility index (Phi) is 11.9. The number of unbranched alkanes of at least 4 members (excludes halogenated alkanes) is 1. The molecule has 1 aliphatic heterocycles. The first kappa shape index (κ1) is 29.3. The van der Waals surface area contributed by atoms with Gasteiger partial charge in [0.25, 0.3) is 0 Å². The molecule has 1 aliphatic rings. The second kappa shape index (κ2) is 13.8. The molecule has 0 radical (unpaired) electrons. The van der Waals surface area contributed by atoms with E-state index in [1.807, 2.05) is 0 Å². The molecule has 10 nitrogen and oxygen atoms in total. The third kappa shape index (κ3) is 10.9. The van der Waals surface area contributed by atoms with Gasteiger partial charge in [-0.15, -0.1) is 6.58 Å². The van der Waals surface area contributed by atoms with E-state index < -0.39 is 41.3 Å². The van der Waals surface area contributed by atoms with E-state index in [9.17, 15) is 24.0 Å². The molecule has 1 rings (SSSR count). The monoisotopic (exact) mass is 482 g/mol. The average molecular weight is 483 g/mol. The predicted molar refractivity (Wildman–Crippen MR) is 124 cm³/mol. The van der Waals surface area contributed by atoms with Crippen LogP contribution in [0, 0.1) is 5.92 Å². The second-order valence-electron chi connectivity index (χ2n) is 9.21. The minimum absolute atomic E-state index is 0.0612. The van der Waals surface area contributed by atoms with Crippen LogP contribution in [0.25, 0.3) is 0 Å². The van der Waals surface area contributed by atoms with Gasteiger partial charge in [0, 0.05) is 20.3 Å². The largest absolute Gasteiger partial charge is 0.463 e. The molecule has 0 aromatic rings. The highest BCUT2D eigenvalue weighted by Crippen LogP contribution is 2.31. The number of esters is 2. The molecule has 1 saturated heterocycles. The molecule has 3 atom stereocenters. The van der Waals surface area contributed by atoms with Crippen molar-refractivity contribution in [1.82, 2.24) is 10.6 Å². The molecule has 34 heavy (non-hydrogen) atoms. The van der Waals surface area contributed by atoms with Gasteiger partial charge in [-0.25, -0.2) is 0 Å². The number of carbonyl (C=O) groups is 5. The number of ether oxygens (including phenoxy) is 3. The van der Waals surface area contributed by atoms with Crippen LogP contribution in [-0.2, 0) is 38.2 Å². The maximum absolute atomic E-state index is 13.1. The van der Waals surface area contributed by atoms with E-state index in [0.29, 0.717) is 17.9 Å². The highest BCUT2D eigenvalue weighted by atomic mass is 16.6. The van der Waals surface area contributed by atoms with Crippen molar-refractivity contribution in [1.29, 1.82) is 0 Å². The summed E-state index contributed by atoms with van der Waals surface area (Å²) >= 11 is 0. The molecule has 3 unspecified atom stereocenters. The highest BCUT2D eigenvalue weighted by molar-refractivity contribution is 5.98. The minimum atomic E-state index is -1.32. The Bertz CT molecular complexity index is 773. The van der Waals surface area contributed by atoms with E-state index in [-0.39, 0.29) is 38.6 Å². The van der Waals surface area contributed by atoms with E-state index in [0.717, 1.165) is 12.8 Å². The van der Waals surface area contributed by atoms with Crippen molar-refractivity contribution in [3.05, 3.63) is 12.2 Å². The van der Waals surface area contributed by atoms with Crippen LogP contribution in [0.1, 0.15) is 66.7 Å². The normalized spacial score (nSPS) is 18.4. The van der Waals surface area contributed by atoms with Crippen LogP contribution in [0.15, 0.2) is 12.2 Å². The Morgan fingerprint density at radius 2 is 1.59 bits per heavy atom. The quantitative estimate of drug-likeness (QED) is 0.146. The number of epoxide rings is 1. The zero-order chi connectivity index (χ0) is 25.9. The summed E-state index contributed by atoms with van der Waals surface area (Å²) in [6.07, 6.45) is 2.89. The lowest BCUT2D eigenvalue weighted by atomic mass is 9.94.